The molecule has 3 heteroatoms. The first-order chi connectivity index (χ1) is 6.73. The van der Waals surface area contributed by atoms with E-state index in [9.17, 15) is 0 Å². The first-order valence-electron chi connectivity index (χ1n) is 5.51. The Labute approximate surface area is 91.2 Å². The first-order valence-corrected chi connectivity index (χ1v) is 6.66. The van der Waals surface area contributed by atoms with Crippen molar-refractivity contribution in [1.29, 1.82) is 5.26 Å². The lowest BCUT2D eigenvalue weighted by Gasteiger charge is -2.20. The predicted molar refractivity (Wildman–Crippen MR) is 62.1 cm³/mol. The van der Waals surface area contributed by atoms with Crippen LogP contribution in [0.15, 0.2) is 0 Å². The Bertz CT molecular complexity index is 208. The molecule has 1 unspecified atom stereocenters. The Balaban J connectivity index is 2.12. The molecule has 0 aromatic rings. The molecule has 2 N–H and O–H groups in total. The molecule has 0 radical (unpaired) electrons. The third-order valence-corrected chi connectivity index (χ3v) is 4.01. The Morgan fingerprint density at radius 2 is 2.21 bits per heavy atom. The zero-order valence-corrected chi connectivity index (χ0v) is 9.78. The van der Waals surface area contributed by atoms with Gasteiger partial charge in [0.1, 0.15) is 5.54 Å². The number of hydrogen-bond donors (Lipinski definition) is 1. The summed E-state index contributed by atoms with van der Waals surface area (Å²) in [5.41, 5.74) is 5.50. The van der Waals surface area contributed by atoms with Gasteiger partial charge in [0.05, 0.1) is 6.07 Å². The summed E-state index contributed by atoms with van der Waals surface area (Å²) in [4.78, 5) is 0. The number of hydrogen-bond acceptors (Lipinski definition) is 3. The highest BCUT2D eigenvalue weighted by atomic mass is 32.2. The molecule has 2 nitrogen and oxygen atoms in total. The number of nitrogens with zero attached hydrogens (tertiary/aromatic N) is 1. The normalized spacial score (nSPS) is 20.1. The van der Waals surface area contributed by atoms with Crippen molar-refractivity contribution in [3.8, 4) is 6.07 Å². The van der Waals surface area contributed by atoms with Crippen molar-refractivity contribution in [1.82, 2.24) is 0 Å². The van der Waals surface area contributed by atoms with E-state index in [1.165, 1.54) is 19.3 Å². The van der Waals surface area contributed by atoms with Gasteiger partial charge in [0.2, 0.25) is 0 Å². The average Bonchev–Trinajstić information content (AvgIpc) is 3.01. The molecule has 0 aromatic heterocycles. The molecule has 1 atom stereocenters. The largest absolute Gasteiger partial charge is 0.312 e. The van der Waals surface area contributed by atoms with E-state index < -0.39 is 5.54 Å². The Kier molecular flexibility index (Phi) is 4.77. The van der Waals surface area contributed by atoms with Crippen molar-refractivity contribution in [3.63, 3.8) is 0 Å². The van der Waals surface area contributed by atoms with E-state index in [1.54, 1.807) is 0 Å². The van der Waals surface area contributed by atoms with Crippen molar-refractivity contribution in [2.75, 3.05) is 11.5 Å². The van der Waals surface area contributed by atoms with E-state index in [0.29, 0.717) is 5.92 Å². The highest BCUT2D eigenvalue weighted by Crippen LogP contribution is 2.39. The van der Waals surface area contributed by atoms with E-state index >= 15 is 0 Å². The van der Waals surface area contributed by atoms with Gasteiger partial charge < -0.3 is 5.73 Å². The van der Waals surface area contributed by atoms with Crippen LogP contribution in [-0.4, -0.2) is 17.0 Å². The van der Waals surface area contributed by atoms with Gasteiger partial charge in [-0.05, 0) is 30.9 Å². The van der Waals surface area contributed by atoms with E-state index in [1.807, 2.05) is 11.8 Å². The SMILES string of the molecule is CCCCCSCC(N)(C#N)C1CC1. The van der Waals surface area contributed by atoms with E-state index in [-0.39, 0.29) is 0 Å². The molecule has 1 saturated carbocycles. The van der Waals surface area contributed by atoms with Gasteiger partial charge in [0.15, 0.2) is 0 Å². The van der Waals surface area contributed by atoms with Crippen LogP contribution in [0.2, 0.25) is 0 Å². The van der Waals surface area contributed by atoms with Crippen molar-refractivity contribution >= 4 is 11.8 Å². The van der Waals surface area contributed by atoms with Crippen molar-refractivity contribution < 1.29 is 0 Å². The maximum absolute atomic E-state index is 9.01. The minimum absolute atomic E-state index is 0.478. The molecule has 0 spiro atoms. The molecule has 0 aromatic carbocycles. The number of thioether (sulfide) groups is 1. The zero-order valence-electron chi connectivity index (χ0n) is 8.96. The maximum atomic E-state index is 9.01. The minimum atomic E-state index is -0.531. The van der Waals surface area contributed by atoms with E-state index in [0.717, 1.165) is 24.3 Å². The molecule has 0 bridgehead atoms. The van der Waals surface area contributed by atoms with Crippen molar-refractivity contribution in [2.24, 2.45) is 11.7 Å². The van der Waals surface area contributed by atoms with Crippen LogP contribution in [0.1, 0.15) is 39.0 Å². The fourth-order valence-electron chi connectivity index (χ4n) is 1.54. The monoisotopic (exact) mass is 212 g/mol. The second-order valence-corrected chi connectivity index (χ2v) is 5.29. The summed E-state index contributed by atoms with van der Waals surface area (Å²) in [5.74, 6) is 2.45. The Morgan fingerprint density at radius 3 is 2.71 bits per heavy atom. The lowest BCUT2D eigenvalue weighted by Crippen LogP contribution is -2.43. The van der Waals surface area contributed by atoms with Gasteiger partial charge in [0.25, 0.3) is 0 Å². The lowest BCUT2D eigenvalue weighted by molar-refractivity contribution is 0.532. The predicted octanol–water partition coefficient (Wildman–Crippen LogP) is 2.54. The molecule has 0 saturated heterocycles. The van der Waals surface area contributed by atoms with Gasteiger partial charge in [-0.25, -0.2) is 0 Å². The summed E-state index contributed by atoms with van der Waals surface area (Å²) in [5, 5.41) is 9.01. The molecule has 1 aliphatic rings. The van der Waals surface area contributed by atoms with Gasteiger partial charge >= 0.3 is 0 Å². The maximum Gasteiger partial charge on any atom is 0.116 e. The molecule has 80 valence electrons. The standard InChI is InChI=1S/C11H20N2S/c1-2-3-4-7-14-9-11(13,8-12)10-5-6-10/h10H,2-7,9,13H2,1H3. The molecular formula is C11H20N2S. The summed E-state index contributed by atoms with van der Waals surface area (Å²) in [6, 6.07) is 2.29. The summed E-state index contributed by atoms with van der Waals surface area (Å²) < 4.78 is 0. The fraction of sp³-hybridized carbons (Fsp3) is 0.909. The van der Waals surface area contributed by atoms with Crippen molar-refractivity contribution in [3.05, 3.63) is 0 Å². The second-order valence-electron chi connectivity index (χ2n) is 4.19. The van der Waals surface area contributed by atoms with Gasteiger partial charge in [-0.15, -0.1) is 0 Å². The number of rotatable bonds is 7. The topological polar surface area (TPSA) is 49.8 Å². The average molecular weight is 212 g/mol. The van der Waals surface area contributed by atoms with Gasteiger partial charge in [-0.3, -0.25) is 0 Å². The number of unbranched alkanes of at least 4 members (excludes halogenated alkanes) is 2. The summed E-state index contributed by atoms with van der Waals surface area (Å²) in [7, 11) is 0. The smallest absolute Gasteiger partial charge is 0.116 e. The summed E-state index contributed by atoms with van der Waals surface area (Å²) >= 11 is 1.85. The molecular weight excluding hydrogens is 192 g/mol. The zero-order chi connectivity index (χ0) is 10.4. The molecule has 1 rings (SSSR count). The van der Waals surface area contributed by atoms with Crippen LogP contribution in [-0.2, 0) is 0 Å². The Hall–Kier alpha value is -0.200. The molecule has 0 amide bonds. The fourth-order valence-corrected chi connectivity index (χ4v) is 2.73. The van der Waals surface area contributed by atoms with Crippen LogP contribution >= 0.6 is 11.8 Å². The number of nitrogens with two attached hydrogens (primary N) is 1. The van der Waals surface area contributed by atoms with Crippen LogP contribution < -0.4 is 5.73 Å². The highest BCUT2D eigenvalue weighted by Gasteiger charge is 2.42. The second kappa shape index (κ2) is 5.63. The lowest BCUT2D eigenvalue weighted by atomic mass is 10.00. The molecule has 14 heavy (non-hydrogen) atoms. The highest BCUT2D eigenvalue weighted by molar-refractivity contribution is 7.99. The van der Waals surface area contributed by atoms with E-state index in [4.69, 9.17) is 11.0 Å². The molecule has 0 aliphatic heterocycles. The van der Waals surface area contributed by atoms with Crippen LogP contribution in [0.4, 0.5) is 0 Å². The first kappa shape index (κ1) is 11.9. The molecule has 1 fully saturated rings. The van der Waals surface area contributed by atoms with Gasteiger partial charge in [0, 0.05) is 5.75 Å². The quantitative estimate of drug-likeness (QED) is 0.660. The van der Waals surface area contributed by atoms with E-state index in [2.05, 4.69) is 13.0 Å². The third-order valence-electron chi connectivity index (χ3n) is 2.75. The molecule has 1 aliphatic carbocycles. The van der Waals surface area contributed by atoms with Crippen LogP contribution in [0, 0.1) is 17.2 Å². The van der Waals surface area contributed by atoms with Crippen LogP contribution in [0.25, 0.3) is 0 Å². The third kappa shape index (κ3) is 3.51. The molecule has 0 heterocycles. The minimum Gasteiger partial charge on any atom is -0.312 e. The number of nitriles is 1. The van der Waals surface area contributed by atoms with Crippen molar-refractivity contribution in [2.45, 2.75) is 44.6 Å². The van der Waals surface area contributed by atoms with Crippen LogP contribution in [0.5, 0.6) is 0 Å². The van der Waals surface area contributed by atoms with Gasteiger partial charge in [-0.1, -0.05) is 19.8 Å². The summed E-state index contributed by atoms with van der Waals surface area (Å²) in [6.07, 6.45) is 6.11. The van der Waals surface area contributed by atoms with Crippen LogP contribution in [0.3, 0.4) is 0 Å². The Morgan fingerprint density at radius 1 is 1.50 bits per heavy atom. The van der Waals surface area contributed by atoms with Gasteiger partial charge in [-0.2, -0.15) is 17.0 Å². The summed E-state index contributed by atoms with van der Waals surface area (Å²) in [6.45, 7) is 2.21.